The van der Waals surface area contributed by atoms with Crippen molar-refractivity contribution in [3.05, 3.63) is 0 Å². The first kappa shape index (κ1) is 28.6. The molecule has 0 heterocycles. The van der Waals surface area contributed by atoms with Crippen molar-refractivity contribution in [2.45, 2.75) is 124 Å². The number of esters is 2. The molecule has 0 amide bonds. The monoisotopic (exact) mass is 426 g/mol. The lowest BCUT2D eigenvalue weighted by atomic mass is 10.0. The first-order chi connectivity index (χ1) is 14.5. The van der Waals surface area contributed by atoms with Crippen molar-refractivity contribution in [3.8, 4) is 0 Å². The maximum atomic E-state index is 12.0. The van der Waals surface area contributed by atoms with Crippen LogP contribution in [0, 0.1) is 5.92 Å². The maximum absolute atomic E-state index is 12.0. The molecule has 0 bridgehead atoms. The number of ether oxygens (including phenoxy) is 2. The van der Waals surface area contributed by atoms with E-state index in [4.69, 9.17) is 9.47 Å². The molecule has 0 unspecified atom stereocenters. The largest absolute Gasteiger partial charge is 0.465 e. The summed E-state index contributed by atoms with van der Waals surface area (Å²) in [5.41, 5.74) is 0. The molecule has 5 heteroatoms. The van der Waals surface area contributed by atoms with E-state index in [0.29, 0.717) is 19.3 Å². The van der Waals surface area contributed by atoms with E-state index in [1.165, 1.54) is 25.7 Å². The minimum Gasteiger partial charge on any atom is -0.465 e. The fourth-order valence-electron chi connectivity index (χ4n) is 3.33. The summed E-state index contributed by atoms with van der Waals surface area (Å²) in [6.45, 7) is 6.52. The zero-order valence-electron chi connectivity index (χ0n) is 19.8. The van der Waals surface area contributed by atoms with Crippen molar-refractivity contribution in [1.82, 2.24) is 0 Å². The lowest BCUT2D eigenvalue weighted by Gasteiger charge is -2.17. The average Bonchev–Trinajstić information content (AvgIpc) is 2.72. The van der Waals surface area contributed by atoms with Gasteiger partial charge in [0.2, 0.25) is 0 Å². The summed E-state index contributed by atoms with van der Waals surface area (Å²) >= 11 is 0. The average molecular weight is 427 g/mol. The van der Waals surface area contributed by atoms with Crippen LogP contribution in [-0.4, -0.2) is 30.9 Å². The van der Waals surface area contributed by atoms with Crippen LogP contribution in [0.3, 0.4) is 0 Å². The Kier molecular flexibility index (Phi) is 19.9. The second-order valence-electron chi connectivity index (χ2n) is 8.51. The van der Waals surface area contributed by atoms with Gasteiger partial charge in [-0.3, -0.25) is 9.59 Å². The van der Waals surface area contributed by atoms with Crippen molar-refractivity contribution in [1.29, 1.82) is 0 Å². The van der Waals surface area contributed by atoms with E-state index in [9.17, 15) is 14.4 Å². The van der Waals surface area contributed by atoms with Gasteiger partial charge in [-0.15, -0.1) is 0 Å². The predicted octanol–water partition coefficient (Wildman–Crippen LogP) is 6.56. The molecule has 0 spiro atoms. The van der Waals surface area contributed by atoms with E-state index < -0.39 is 0 Å². The second kappa shape index (κ2) is 20.9. The smallest absolute Gasteiger partial charge is 0.305 e. The van der Waals surface area contributed by atoms with Gasteiger partial charge in [0.25, 0.3) is 0 Å². The van der Waals surface area contributed by atoms with Crippen molar-refractivity contribution < 1.29 is 23.9 Å². The van der Waals surface area contributed by atoms with E-state index in [2.05, 4.69) is 13.8 Å². The molecule has 5 nitrogen and oxygen atoms in total. The minimum atomic E-state index is -0.164. The summed E-state index contributed by atoms with van der Waals surface area (Å²) in [5, 5.41) is 0. The molecule has 0 aromatic heterocycles. The molecule has 0 fully saturated rings. The Bertz CT molecular complexity index is 417. The summed E-state index contributed by atoms with van der Waals surface area (Å²) in [5.74, 6) is -0.134. The van der Waals surface area contributed by atoms with Gasteiger partial charge in [-0.2, -0.15) is 0 Å². The molecular weight excluding hydrogens is 380 g/mol. The van der Waals surface area contributed by atoms with Crippen LogP contribution in [0.1, 0.15) is 124 Å². The summed E-state index contributed by atoms with van der Waals surface area (Å²) in [6, 6.07) is 0. The third-order valence-corrected chi connectivity index (χ3v) is 5.32. The van der Waals surface area contributed by atoms with Gasteiger partial charge < -0.3 is 14.3 Å². The number of carbonyl (C=O) groups is 3. The minimum absolute atomic E-state index is 0.00467. The number of hydrogen-bond acceptors (Lipinski definition) is 5. The van der Waals surface area contributed by atoms with Gasteiger partial charge in [0.1, 0.15) is 5.78 Å². The standard InChI is InChI=1S/C25H46O5/c1-4-6-8-10-12-18-24(27)29-20-23(17-15-14-16-22(3)26)21-30-25(28)19-13-11-9-7-5-2/h23H,4-21H2,1-3H3. The first-order valence-corrected chi connectivity index (χ1v) is 12.3. The van der Waals surface area contributed by atoms with Gasteiger partial charge in [-0.25, -0.2) is 0 Å². The molecule has 0 aromatic rings. The molecule has 0 radical (unpaired) electrons. The lowest BCUT2D eigenvalue weighted by molar-refractivity contribution is -0.149. The van der Waals surface area contributed by atoms with Crippen molar-refractivity contribution >= 4 is 17.7 Å². The molecule has 0 N–H and O–H groups in total. The normalized spacial score (nSPS) is 10.9. The molecule has 30 heavy (non-hydrogen) atoms. The summed E-state index contributed by atoms with van der Waals surface area (Å²) in [6.07, 6.45) is 15.0. The Morgan fingerprint density at radius 1 is 0.600 bits per heavy atom. The van der Waals surface area contributed by atoms with Gasteiger partial charge in [-0.05, 0) is 32.6 Å². The molecule has 0 aliphatic heterocycles. The van der Waals surface area contributed by atoms with Crippen LogP contribution in [-0.2, 0) is 23.9 Å². The third-order valence-electron chi connectivity index (χ3n) is 5.32. The third kappa shape index (κ3) is 19.9. The fraction of sp³-hybridized carbons (Fsp3) is 0.880. The van der Waals surface area contributed by atoms with Crippen LogP contribution in [0.2, 0.25) is 0 Å². The van der Waals surface area contributed by atoms with Gasteiger partial charge in [0, 0.05) is 25.2 Å². The summed E-state index contributed by atoms with van der Waals surface area (Å²) < 4.78 is 10.9. The highest BCUT2D eigenvalue weighted by molar-refractivity contribution is 5.75. The molecule has 0 atom stereocenters. The van der Waals surface area contributed by atoms with Gasteiger partial charge >= 0.3 is 11.9 Å². The van der Waals surface area contributed by atoms with Crippen molar-refractivity contribution in [3.63, 3.8) is 0 Å². The zero-order chi connectivity index (χ0) is 22.5. The predicted molar refractivity (Wildman–Crippen MR) is 121 cm³/mol. The highest BCUT2D eigenvalue weighted by Crippen LogP contribution is 2.14. The summed E-state index contributed by atoms with van der Waals surface area (Å²) in [7, 11) is 0. The highest BCUT2D eigenvalue weighted by atomic mass is 16.5. The molecule has 0 aliphatic carbocycles. The Balaban J connectivity index is 4.18. The molecule has 176 valence electrons. The fourth-order valence-corrected chi connectivity index (χ4v) is 3.33. The number of rotatable bonds is 21. The van der Waals surface area contributed by atoms with Crippen LogP contribution >= 0.6 is 0 Å². The Morgan fingerprint density at radius 3 is 1.47 bits per heavy atom. The van der Waals surface area contributed by atoms with Crippen LogP contribution in [0.4, 0.5) is 0 Å². The van der Waals surface area contributed by atoms with Crippen LogP contribution in [0.25, 0.3) is 0 Å². The van der Waals surface area contributed by atoms with E-state index in [0.717, 1.165) is 57.8 Å². The number of hydrogen-bond donors (Lipinski definition) is 0. The highest BCUT2D eigenvalue weighted by Gasteiger charge is 2.15. The van der Waals surface area contributed by atoms with Crippen LogP contribution in [0.15, 0.2) is 0 Å². The van der Waals surface area contributed by atoms with Crippen LogP contribution in [0.5, 0.6) is 0 Å². The first-order valence-electron chi connectivity index (χ1n) is 12.3. The van der Waals surface area contributed by atoms with Gasteiger partial charge in [0.15, 0.2) is 0 Å². The number of carbonyl (C=O) groups excluding carboxylic acids is 3. The van der Waals surface area contributed by atoms with Crippen molar-refractivity contribution in [2.75, 3.05) is 13.2 Å². The number of unbranched alkanes of at least 4 members (excludes halogenated alkanes) is 9. The second-order valence-corrected chi connectivity index (χ2v) is 8.51. The van der Waals surface area contributed by atoms with E-state index in [1.807, 2.05) is 0 Å². The quantitative estimate of drug-likeness (QED) is 0.153. The SMILES string of the molecule is CCCCCCCC(=O)OCC(CCCCC(C)=O)COC(=O)CCCCCCC. The molecule has 0 aliphatic rings. The molecule has 0 aromatic carbocycles. The molecule has 0 saturated carbocycles. The Labute approximate surface area is 184 Å². The topological polar surface area (TPSA) is 69.7 Å². The number of ketones is 1. The molecule has 0 rings (SSSR count). The van der Waals surface area contributed by atoms with Gasteiger partial charge in [-0.1, -0.05) is 71.6 Å². The Hall–Kier alpha value is -1.39. The Morgan fingerprint density at radius 2 is 1.03 bits per heavy atom. The zero-order valence-corrected chi connectivity index (χ0v) is 19.8. The summed E-state index contributed by atoms with van der Waals surface area (Å²) in [4.78, 5) is 35.1. The van der Waals surface area contributed by atoms with E-state index in [-0.39, 0.29) is 36.9 Å². The van der Waals surface area contributed by atoms with E-state index in [1.54, 1.807) is 6.92 Å². The lowest BCUT2D eigenvalue weighted by Crippen LogP contribution is -2.21. The maximum Gasteiger partial charge on any atom is 0.305 e. The molecule has 0 saturated heterocycles. The van der Waals surface area contributed by atoms with Crippen molar-refractivity contribution in [2.24, 2.45) is 5.92 Å². The number of Topliss-reactive ketones (excluding diaryl/α,β-unsaturated/α-hetero) is 1. The van der Waals surface area contributed by atoms with Crippen LogP contribution < -0.4 is 0 Å². The van der Waals surface area contributed by atoms with Gasteiger partial charge in [0.05, 0.1) is 13.2 Å². The molecular formula is C25H46O5. The van der Waals surface area contributed by atoms with E-state index >= 15 is 0 Å².